The molecule has 5 aromatic carbocycles. The Balaban J connectivity index is 1.58. The van der Waals surface area contributed by atoms with E-state index in [1.165, 1.54) is 38.1 Å². The number of rotatable bonds is 2. The van der Waals surface area contributed by atoms with Crippen LogP contribution in [0, 0.1) is 0 Å². The zero-order valence-corrected chi connectivity index (χ0v) is 18.8. The lowest BCUT2D eigenvalue weighted by Gasteiger charge is -2.10. The number of allylic oxidation sites excluding steroid dienone is 1. The lowest BCUT2D eigenvalue weighted by Crippen LogP contribution is -1.97. The van der Waals surface area contributed by atoms with Crippen molar-refractivity contribution in [2.45, 2.75) is 6.04 Å². The fraction of sp³-hybridized carbons (Fsp3) is 0.0312. The molecule has 0 saturated carbocycles. The number of aromatic nitrogens is 1. The monoisotopic (exact) mass is 448 g/mol. The Morgan fingerprint density at radius 1 is 0.629 bits per heavy atom. The number of hydrogen-bond donors (Lipinski definition) is 0. The number of benzene rings is 5. The Morgan fingerprint density at radius 3 is 2.17 bits per heavy atom. The molecule has 0 N–H and O–H groups in total. The quantitative estimate of drug-likeness (QED) is 0.261. The summed E-state index contributed by atoms with van der Waals surface area (Å²) in [5, 5.41) is 7.10. The molecule has 0 saturated heterocycles. The summed E-state index contributed by atoms with van der Waals surface area (Å²) in [6, 6.07) is 36.1. The first-order valence-electron chi connectivity index (χ1n) is 11.9. The van der Waals surface area contributed by atoms with E-state index in [9.17, 15) is 0 Å². The van der Waals surface area contributed by atoms with Crippen molar-refractivity contribution in [3.63, 3.8) is 0 Å². The number of nitrogens with zero attached hydrogens (tertiary/aromatic N) is 2. The van der Waals surface area contributed by atoms with Crippen LogP contribution in [-0.2, 0) is 0 Å². The molecule has 0 amide bonds. The summed E-state index contributed by atoms with van der Waals surface area (Å²) in [5.41, 5.74) is 6.55. The summed E-state index contributed by atoms with van der Waals surface area (Å²) >= 11 is 0. The van der Waals surface area contributed by atoms with Crippen LogP contribution in [0.5, 0.6) is 0 Å². The van der Waals surface area contributed by atoms with Crippen LogP contribution >= 0.6 is 0 Å². The summed E-state index contributed by atoms with van der Waals surface area (Å²) < 4.78 is 8.87. The van der Waals surface area contributed by atoms with Gasteiger partial charge in [0.2, 0.25) is 0 Å². The van der Waals surface area contributed by atoms with Crippen molar-refractivity contribution in [3.8, 4) is 0 Å². The largest absolute Gasteiger partial charge is 0.455 e. The van der Waals surface area contributed by atoms with Crippen molar-refractivity contribution in [1.29, 1.82) is 0 Å². The van der Waals surface area contributed by atoms with Gasteiger partial charge in [-0.2, -0.15) is 0 Å². The molecule has 0 fully saturated rings. The maximum absolute atomic E-state index is 6.48. The van der Waals surface area contributed by atoms with Crippen LogP contribution in [0.15, 0.2) is 119 Å². The molecule has 3 heterocycles. The Morgan fingerprint density at radius 2 is 1.31 bits per heavy atom. The lowest BCUT2D eigenvalue weighted by molar-refractivity contribution is 0.673. The van der Waals surface area contributed by atoms with Gasteiger partial charge in [0.05, 0.1) is 22.8 Å². The molecule has 0 radical (unpaired) electrons. The van der Waals surface area contributed by atoms with Gasteiger partial charge in [0.1, 0.15) is 11.2 Å². The molecule has 0 spiro atoms. The topological polar surface area (TPSA) is 30.4 Å². The van der Waals surface area contributed by atoms with Gasteiger partial charge < -0.3 is 8.98 Å². The van der Waals surface area contributed by atoms with Gasteiger partial charge in [-0.1, -0.05) is 91.0 Å². The molecule has 3 nitrogen and oxygen atoms in total. The van der Waals surface area contributed by atoms with E-state index in [0.29, 0.717) is 0 Å². The second kappa shape index (κ2) is 6.94. The van der Waals surface area contributed by atoms with Crippen molar-refractivity contribution >= 4 is 66.4 Å². The molecule has 0 aliphatic carbocycles. The predicted octanol–water partition coefficient (Wildman–Crippen LogP) is 8.51. The SMILES string of the molecule is C1=NC(c2ccccc2)C=C1n1c2ccccc2c2c3c4ccccc4oc3c3ccccc3c21. The second-order valence-electron chi connectivity index (χ2n) is 9.15. The molecule has 1 aliphatic rings. The van der Waals surface area contributed by atoms with Gasteiger partial charge in [-0.05, 0) is 23.8 Å². The third-order valence-corrected chi connectivity index (χ3v) is 7.24. The molecule has 8 rings (SSSR count). The van der Waals surface area contributed by atoms with Gasteiger partial charge in [-0.25, -0.2) is 0 Å². The Kier molecular flexibility index (Phi) is 3.72. The van der Waals surface area contributed by atoms with Gasteiger partial charge in [0, 0.05) is 38.5 Å². The van der Waals surface area contributed by atoms with Crippen LogP contribution in [0.4, 0.5) is 0 Å². The third kappa shape index (κ3) is 2.52. The molecule has 7 aromatic rings. The summed E-state index contributed by atoms with van der Waals surface area (Å²) in [6.45, 7) is 0. The highest BCUT2D eigenvalue weighted by Crippen LogP contribution is 2.46. The molecular weight excluding hydrogens is 428 g/mol. The highest BCUT2D eigenvalue weighted by atomic mass is 16.3. The predicted molar refractivity (Wildman–Crippen MR) is 146 cm³/mol. The van der Waals surface area contributed by atoms with E-state index in [2.05, 4.69) is 102 Å². The molecule has 3 heteroatoms. The minimum Gasteiger partial charge on any atom is -0.455 e. The Labute approximate surface area is 201 Å². The van der Waals surface area contributed by atoms with Gasteiger partial charge >= 0.3 is 0 Å². The van der Waals surface area contributed by atoms with E-state index >= 15 is 0 Å². The highest BCUT2D eigenvalue weighted by molar-refractivity contribution is 6.36. The Hall–Kier alpha value is -4.63. The van der Waals surface area contributed by atoms with Gasteiger partial charge in [-0.3, -0.25) is 4.99 Å². The first-order chi connectivity index (χ1) is 17.4. The second-order valence-corrected chi connectivity index (χ2v) is 9.15. The van der Waals surface area contributed by atoms with Gasteiger partial charge in [0.15, 0.2) is 0 Å². The molecule has 1 atom stereocenters. The first kappa shape index (κ1) is 18.8. The number of aliphatic imine (C=N–C) groups is 1. The molecule has 1 unspecified atom stereocenters. The molecule has 0 bridgehead atoms. The smallest absolute Gasteiger partial charge is 0.144 e. The molecule has 2 aromatic heterocycles. The summed E-state index contributed by atoms with van der Waals surface area (Å²) in [5.74, 6) is 0. The molecule has 35 heavy (non-hydrogen) atoms. The molecule has 1 aliphatic heterocycles. The van der Waals surface area contributed by atoms with Crippen molar-refractivity contribution in [1.82, 2.24) is 4.57 Å². The van der Waals surface area contributed by atoms with E-state index in [1.54, 1.807) is 0 Å². The van der Waals surface area contributed by atoms with Crippen molar-refractivity contribution in [3.05, 3.63) is 115 Å². The van der Waals surface area contributed by atoms with Crippen LogP contribution in [0.2, 0.25) is 0 Å². The minimum atomic E-state index is 0.0205. The first-order valence-corrected chi connectivity index (χ1v) is 11.9. The highest BCUT2D eigenvalue weighted by Gasteiger charge is 2.24. The van der Waals surface area contributed by atoms with Crippen molar-refractivity contribution in [2.24, 2.45) is 4.99 Å². The number of furan rings is 1. The zero-order valence-electron chi connectivity index (χ0n) is 18.8. The maximum Gasteiger partial charge on any atom is 0.144 e. The maximum atomic E-state index is 6.48. The molecule has 164 valence electrons. The van der Waals surface area contributed by atoms with E-state index in [0.717, 1.165) is 27.6 Å². The fourth-order valence-corrected chi connectivity index (χ4v) is 5.76. The number of hydrogen-bond acceptors (Lipinski definition) is 2. The average Bonchev–Trinajstić information content (AvgIpc) is 3.63. The van der Waals surface area contributed by atoms with Crippen molar-refractivity contribution in [2.75, 3.05) is 0 Å². The summed E-state index contributed by atoms with van der Waals surface area (Å²) in [6.07, 6.45) is 4.30. The number of fused-ring (bicyclic) bond motifs is 10. The van der Waals surface area contributed by atoms with Crippen LogP contribution in [0.1, 0.15) is 11.6 Å². The van der Waals surface area contributed by atoms with Crippen LogP contribution < -0.4 is 0 Å². The fourth-order valence-electron chi connectivity index (χ4n) is 5.76. The van der Waals surface area contributed by atoms with Gasteiger partial charge in [0.25, 0.3) is 0 Å². The lowest BCUT2D eigenvalue weighted by atomic mass is 9.99. The average molecular weight is 449 g/mol. The zero-order chi connectivity index (χ0) is 22.9. The van der Waals surface area contributed by atoms with E-state index in [1.807, 2.05) is 18.3 Å². The van der Waals surface area contributed by atoms with Crippen molar-refractivity contribution < 1.29 is 4.42 Å². The molecular formula is C32H20N2O. The normalized spacial score (nSPS) is 15.8. The Bertz CT molecular complexity index is 2000. The summed E-state index contributed by atoms with van der Waals surface area (Å²) in [4.78, 5) is 4.88. The van der Waals surface area contributed by atoms with Crippen LogP contribution in [-0.4, -0.2) is 10.8 Å². The van der Waals surface area contributed by atoms with Crippen LogP contribution in [0.25, 0.3) is 60.2 Å². The van der Waals surface area contributed by atoms with E-state index in [4.69, 9.17) is 9.41 Å². The van der Waals surface area contributed by atoms with Crippen LogP contribution in [0.3, 0.4) is 0 Å². The van der Waals surface area contributed by atoms with E-state index in [-0.39, 0.29) is 6.04 Å². The summed E-state index contributed by atoms with van der Waals surface area (Å²) in [7, 11) is 0. The van der Waals surface area contributed by atoms with Gasteiger partial charge in [-0.15, -0.1) is 0 Å². The van der Waals surface area contributed by atoms with E-state index < -0.39 is 0 Å². The third-order valence-electron chi connectivity index (χ3n) is 7.24. The standard InChI is InChI=1S/C32H20N2O/c1-2-10-20(11-3-1)26-18-21(19-33-26)34-27-16-8-6-14-24(27)29-30-25-15-7-9-17-28(25)35-32(30)23-13-5-4-12-22(23)31(29)34/h1-19,26H. The minimum absolute atomic E-state index is 0.0205. The number of para-hydroxylation sites is 2.